The molecule has 4 rings (SSSR count). The standard InChI is InChI=1S/C25H20ClN3O3/c1-28(20-13-6-3-7-14-20)23(30)18-11-8-12-19(15-18)27-22-21(26)24(31)29(25(22)32)16-17-9-4-2-5-10-17/h2-15,27H,16H2,1H3. The molecule has 1 aliphatic heterocycles. The zero-order chi connectivity index (χ0) is 22.7. The summed E-state index contributed by atoms with van der Waals surface area (Å²) in [5.74, 6) is -1.28. The Kier molecular flexibility index (Phi) is 6.05. The van der Waals surface area contributed by atoms with Crippen molar-refractivity contribution < 1.29 is 14.4 Å². The third-order valence-corrected chi connectivity index (χ3v) is 5.47. The lowest BCUT2D eigenvalue weighted by molar-refractivity contribution is -0.138. The molecule has 0 bridgehead atoms. The van der Waals surface area contributed by atoms with Crippen molar-refractivity contribution in [2.75, 3.05) is 17.3 Å². The predicted octanol–water partition coefficient (Wildman–Crippen LogP) is 4.39. The highest BCUT2D eigenvalue weighted by molar-refractivity contribution is 6.48. The first-order chi connectivity index (χ1) is 15.5. The van der Waals surface area contributed by atoms with Crippen molar-refractivity contribution in [2.24, 2.45) is 0 Å². The van der Waals surface area contributed by atoms with E-state index in [-0.39, 0.29) is 23.2 Å². The van der Waals surface area contributed by atoms with Gasteiger partial charge >= 0.3 is 0 Å². The quantitative estimate of drug-likeness (QED) is 0.571. The molecule has 0 atom stereocenters. The zero-order valence-corrected chi connectivity index (χ0v) is 18.0. The molecule has 0 saturated heterocycles. The summed E-state index contributed by atoms with van der Waals surface area (Å²) in [5, 5.41) is 2.75. The number of rotatable bonds is 6. The van der Waals surface area contributed by atoms with Crippen LogP contribution < -0.4 is 10.2 Å². The minimum Gasteiger partial charge on any atom is -0.350 e. The highest BCUT2D eigenvalue weighted by Crippen LogP contribution is 2.27. The van der Waals surface area contributed by atoms with Crippen molar-refractivity contribution in [2.45, 2.75) is 6.54 Å². The van der Waals surface area contributed by atoms with E-state index in [9.17, 15) is 14.4 Å². The summed E-state index contributed by atoms with van der Waals surface area (Å²) in [7, 11) is 1.69. The number of hydrogen-bond donors (Lipinski definition) is 1. The second kappa shape index (κ2) is 9.08. The first-order valence-electron chi connectivity index (χ1n) is 9.96. The summed E-state index contributed by atoms with van der Waals surface area (Å²) in [4.78, 5) is 41.0. The van der Waals surface area contributed by atoms with Gasteiger partial charge in [-0.2, -0.15) is 0 Å². The van der Waals surface area contributed by atoms with Crippen LogP contribution in [0.4, 0.5) is 11.4 Å². The maximum absolute atomic E-state index is 12.9. The number of hydrogen-bond acceptors (Lipinski definition) is 4. The molecule has 3 aromatic carbocycles. The van der Waals surface area contributed by atoms with E-state index in [1.54, 1.807) is 31.3 Å². The lowest BCUT2D eigenvalue weighted by Gasteiger charge is -2.18. The summed E-state index contributed by atoms with van der Waals surface area (Å²) in [6.45, 7) is 0.125. The van der Waals surface area contributed by atoms with Crippen molar-refractivity contribution in [3.63, 3.8) is 0 Å². The number of anilines is 2. The van der Waals surface area contributed by atoms with E-state index in [0.29, 0.717) is 11.3 Å². The van der Waals surface area contributed by atoms with Crippen molar-refractivity contribution >= 4 is 40.7 Å². The van der Waals surface area contributed by atoms with E-state index in [0.717, 1.165) is 16.2 Å². The number of imide groups is 1. The molecule has 0 saturated carbocycles. The molecule has 1 N–H and O–H groups in total. The van der Waals surface area contributed by atoms with Crippen LogP contribution in [0.25, 0.3) is 0 Å². The van der Waals surface area contributed by atoms with Crippen LogP contribution >= 0.6 is 11.6 Å². The molecule has 32 heavy (non-hydrogen) atoms. The molecule has 3 aromatic rings. The van der Waals surface area contributed by atoms with Gasteiger partial charge in [-0.05, 0) is 35.9 Å². The van der Waals surface area contributed by atoms with Crippen LogP contribution in [0.15, 0.2) is 95.7 Å². The van der Waals surface area contributed by atoms with Gasteiger partial charge in [0.2, 0.25) is 0 Å². The number of nitrogens with zero attached hydrogens (tertiary/aromatic N) is 2. The molecule has 0 unspecified atom stereocenters. The predicted molar refractivity (Wildman–Crippen MR) is 124 cm³/mol. The largest absolute Gasteiger partial charge is 0.350 e. The minimum absolute atomic E-state index is 0.00592. The Hall–Kier alpha value is -3.90. The summed E-state index contributed by atoms with van der Waals surface area (Å²) in [6.07, 6.45) is 0. The summed E-state index contributed by atoms with van der Waals surface area (Å²) in [5.41, 5.74) is 2.48. The number of para-hydroxylation sites is 1. The van der Waals surface area contributed by atoms with Gasteiger partial charge in [-0.15, -0.1) is 0 Å². The summed E-state index contributed by atoms with van der Waals surface area (Å²) < 4.78 is 0. The summed E-state index contributed by atoms with van der Waals surface area (Å²) in [6, 6.07) is 25.2. The van der Waals surface area contributed by atoms with Crippen molar-refractivity contribution in [3.8, 4) is 0 Å². The van der Waals surface area contributed by atoms with Crippen LogP contribution in [0.1, 0.15) is 15.9 Å². The second-order valence-electron chi connectivity index (χ2n) is 7.28. The number of carbonyl (C=O) groups is 3. The Morgan fingerprint density at radius 2 is 1.56 bits per heavy atom. The third kappa shape index (κ3) is 4.26. The van der Waals surface area contributed by atoms with Crippen LogP contribution in [0.5, 0.6) is 0 Å². The Labute approximate surface area is 190 Å². The normalized spacial score (nSPS) is 13.5. The molecule has 0 aromatic heterocycles. The van der Waals surface area contributed by atoms with Gasteiger partial charge < -0.3 is 10.2 Å². The number of benzene rings is 3. The van der Waals surface area contributed by atoms with Gasteiger partial charge in [0.25, 0.3) is 17.7 Å². The first kappa shape index (κ1) is 21.3. The van der Waals surface area contributed by atoms with Crippen molar-refractivity contribution in [1.82, 2.24) is 4.90 Å². The number of carbonyl (C=O) groups excluding carboxylic acids is 3. The van der Waals surface area contributed by atoms with E-state index >= 15 is 0 Å². The van der Waals surface area contributed by atoms with Crippen molar-refractivity contribution in [1.29, 1.82) is 0 Å². The summed E-state index contributed by atoms with van der Waals surface area (Å²) >= 11 is 6.20. The third-order valence-electron chi connectivity index (χ3n) is 5.12. The molecular weight excluding hydrogens is 426 g/mol. The molecule has 1 heterocycles. The highest BCUT2D eigenvalue weighted by Gasteiger charge is 2.37. The number of halogens is 1. The molecule has 0 fully saturated rings. The van der Waals surface area contributed by atoms with Crippen molar-refractivity contribution in [3.05, 3.63) is 107 Å². The molecular formula is C25H20ClN3O3. The topological polar surface area (TPSA) is 69.7 Å². The maximum atomic E-state index is 12.9. The SMILES string of the molecule is CN(C(=O)c1cccc(NC2=C(Cl)C(=O)N(Cc3ccccc3)C2=O)c1)c1ccccc1. The molecule has 160 valence electrons. The minimum atomic E-state index is -0.556. The van der Waals surface area contributed by atoms with Crippen LogP contribution in [0, 0.1) is 0 Å². The Balaban J connectivity index is 1.52. The Bertz CT molecular complexity index is 1210. The van der Waals surface area contributed by atoms with Gasteiger partial charge in [-0.25, -0.2) is 0 Å². The van der Waals surface area contributed by atoms with Gasteiger partial charge in [0, 0.05) is 24.0 Å². The molecule has 1 aliphatic rings. The monoisotopic (exact) mass is 445 g/mol. The maximum Gasteiger partial charge on any atom is 0.279 e. The van der Waals surface area contributed by atoms with E-state index in [1.807, 2.05) is 60.7 Å². The van der Waals surface area contributed by atoms with Gasteiger partial charge in [0.15, 0.2) is 0 Å². The van der Waals surface area contributed by atoms with Gasteiger partial charge in [0.1, 0.15) is 10.7 Å². The Morgan fingerprint density at radius 3 is 2.25 bits per heavy atom. The van der Waals surface area contributed by atoms with E-state index in [2.05, 4.69) is 5.32 Å². The average molecular weight is 446 g/mol. The second-order valence-corrected chi connectivity index (χ2v) is 7.65. The van der Waals surface area contributed by atoms with Crippen LogP contribution in [-0.4, -0.2) is 29.7 Å². The van der Waals surface area contributed by atoms with Crippen LogP contribution in [0.3, 0.4) is 0 Å². The van der Waals surface area contributed by atoms with Gasteiger partial charge in [-0.1, -0.05) is 66.2 Å². The zero-order valence-electron chi connectivity index (χ0n) is 17.3. The highest BCUT2D eigenvalue weighted by atomic mass is 35.5. The van der Waals surface area contributed by atoms with E-state index in [1.165, 1.54) is 4.90 Å². The first-order valence-corrected chi connectivity index (χ1v) is 10.3. The molecule has 0 aliphatic carbocycles. The van der Waals surface area contributed by atoms with E-state index in [4.69, 9.17) is 11.6 Å². The van der Waals surface area contributed by atoms with Gasteiger partial charge in [0.05, 0.1) is 6.54 Å². The number of nitrogens with one attached hydrogen (secondary N) is 1. The fraction of sp³-hybridized carbons (Fsp3) is 0.0800. The molecule has 0 radical (unpaired) electrons. The lowest BCUT2D eigenvalue weighted by atomic mass is 10.1. The number of amides is 3. The smallest absolute Gasteiger partial charge is 0.279 e. The molecule has 0 spiro atoms. The molecule has 6 nitrogen and oxygen atoms in total. The van der Waals surface area contributed by atoms with Crippen LogP contribution in [0.2, 0.25) is 0 Å². The molecule has 7 heteroatoms. The van der Waals surface area contributed by atoms with Gasteiger partial charge in [-0.3, -0.25) is 19.3 Å². The fourth-order valence-electron chi connectivity index (χ4n) is 3.40. The van der Waals surface area contributed by atoms with E-state index < -0.39 is 11.8 Å². The average Bonchev–Trinajstić information content (AvgIpc) is 3.03. The van der Waals surface area contributed by atoms with Crippen LogP contribution in [-0.2, 0) is 16.1 Å². The fourth-order valence-corrected chi connectivity index (χ4v) is 3.63. The lowest BCUT2D eigenvalue weighted by Crippen LogP contribution is -2.31. The Morgan fingerprint density at radius 1 is 0.906 bits per heavy atom. The molecule has 3 amide bonds.